The summed E-state index contributed by atoms with van der Waals surface area (Å²) in [6.07, 6.45) is 0. The predicted molar refractivity (Wildman–Crippen MR) is 69.4 cm³/mol. The van der Waals surface area contributed by atoms with Crippen LogP contribution in [-0.4, -0.2) is 16.0 Å². The van der Waals surface area contributed by atoms with Crippen LogP contribution in [0.3, 0.4) is 0 Å². The molecular weight excluding hydrogens is 226 g/mol. The van der Waals surface area contributed by atoms with Gasteiger partial charge in [-0.25, -0.2) is 0 Å². The van der Waals surface area contributed by atoms with E-state index in [9.17, 15) is 4.79 Å². The number of aromatic nitrogens is 2. The molecule has 3 aromatic rings. The summed E-state index contributed by atoms with van der Waals surface area (Å²) >= 11 is 0. The second-order valence-corrected chi connectivity index (χ2v) is 4.40. The number of benzene rings is 2. The molecule has 4 heteroatoms. The van der Waals surface area contributed by atoms with Gasteiger partial charge in [-0.15, -0.1) is 0 Å². The van der Waals surface area contributed by atoms with Gasteiger partial charge in [-0.3, -0.25) is 9.89 Å². The molecule has 86 valence electrons. The molecule has 1 aromatic heterocycles. The molecule has 0 radical (unpaired) electrons. The number of ketones is 1. The lowest BCUT2D eigenvalue weighted by atomic mass is 9.86. The number of nitrogen functional groups attached to an aromatic ring is 1. The molecule has 0 saturated carbocycles. The molecule has 1 aliphatic carbocycles. The van der Waals surface area contributed by atoms with Crippen molar-refractivity contribution < 1.29 is 4.79 Å². The number of aromatic amines is 1. The van der Waals surface area contributed by atoms with Gasteiger partial charge in [0.05, 0.1) is 11.1 Å². The van der Waals surface area contributed by atoms with Crippen LogP contribution in [0.25, 0.3) is 22.2 Å². The molecule has 1 aliphatic rings. The van der Waals surface area contributed by atoms with Crippen LogP contribution < -0.4 is 5.73 Å². The third-order valence-corrected chi connectivity index (χ3v) is 3.42. The average Bonchev–Trinajstić information content (AvgIpc) is 2.82. The monoisotopic (exact) mass is 235 g/mol. The number of nitrogens with two attached hydrogens (primary N) is 1. The quantitative estimate of drug-likeness (QED) is 0.459. The second-order valence-electron chi connectivity index (χ2n) is 4.40. The maximum atomic E-state index is 12.5. The minimum atomic E-state index is -0.0254. The van der Waals surface area contributed by atoms with Gasteiger partial charge in [0, 0.05) is 22.2 Å². The molecule has 2 aromatic carbocycles. The first-order valence-corrected chi connectivity index (χ1v) is 5.68. The smallest absolute Gasteiger partial charge is 0.196 e. The summed E-state index contributed by atoms with van der Waals surface area (Å²) in [5, 5.41) is 8.09. The molecule has 0 amide bonds. The van der Waals surface area contributed by atoms with Crippen molar-refractivity contribution in [2.75, 3.05) is 5.73 Å². The van der Waals surface area contributed by atoms with Crippen LogP contribution in [-0.2, 0) is 0 Å². The second kappa shape index (κ2) is 2.98. The highest BCUT2D eigenvalue weighted by molar-refractivity contribution is 6.27. The molecule has 0 aliphatic heterocycles. The topological polar surface area (TPSA) is 71.8 Å². The molecule has 0 saturated heterocycles. The Balaban J connectivity index is 2.28. The number of carbonyl (C=O) groups excluding carboxylic acids is 1. The lowest BCUT2D eigenvalue weighted by Gasteiger charge is -2.15. The van der Waals surface area contributed by atoms with Gasteiger partial charge in [-0.2, -0.15) is 5.10 Å². The molecule has 1 heterocycles. The molecule has 4 rings (SSSR count). The van der Waals surface area contributed by atoms with Crippen LogP contribution in [0.15, 0.2) is 36.4 Å². The van der Waals surface area contributed by atoms with Gasteiger partial charge in [0.25, 0.3) is 0 Å². The highest BCUT2D eigenvalue weighted by atomic mass is 16.1. The number of carbonyl (C=O) groups is 1. The van der Waals surface area contributed by atoms with E-state index in [1.54, 1.807) is 6.07 Å². The molecule has 3 N–H and O–H groups in total. The van der Waals surface area contributed by atoms with E-state index in [2.05, 4.69) is 10.2 Å². The van der Waals surface area contributed by atoms with Crippen LogP contribution in [0.1, 0.15) is 15.9 Å². The summed E-state index contributed by atoms with van der Waals surface area (Å²) in [5.41, 5.74) is 10.2. The van der Waals surface area contributed by atoms with Crippen molar-refractivity contribution in [2.45, 2.75) is 0 Å². The lowest BCUT2D eigenvalue weighted by molar-refractivity contribution is 0.104. The molecule has 0 unspecified atom stereocenters. The average molecular weight is 235 g/mol. The van der Waals surface area contributed by atoms with Crippen molar-refractivity contribution in [3.8, 4) is 11.3 Å². The summed E-state index contributed by atoms with van der Waals surface area (Å²) in [6.45, 7) is 0. The number of hydrogen-bond acceptors (Lipinski definition) is 3. The Bertz CT molecular complexity index is 817. The van der Waals surface area contributed by atoms with E-state index in [1.807, 2.05) is 30.3 Å². The zero-order chi connectivity index (χ0) is 12.3. The minimum Gasteiger partial charge on any atom is -0.398 e. The fourth-order valence-electron chi connectivity index (χ4n) is 2.59. The molecule has 4 nitrogen and oxygen atoms in total. The Morgan fingerprint density at radius 2 is 1.83 bits per heavy atom. The standard InChI is InChI=1S/C14H9N3O/c15-9-5-6-10-12-11(9)14(18)8-4-2-1-3-7(8)13(12)17-16-10/h1-6H,15H2,(H,16,17). The minimum absolute atomic E-state index is 0.0254. The first-order valence-electron chi connectivity index (χ1n) is 5.68. The SMILES string of the molecule is Nc1ccc2[nH]nc3c2c1C(=O)c1ccccc1-3. The van der Waals surface area contributed by atoms with Gasteiger partial charge in [-0.05, 0) is 12.1 Å². The number of nitrogens with zero attached hydrogens (tertiary/aromatic N) is 1. The normalized spacial score (nSPS) is 12.8. The Labute approximate surface area is 102 Å². The maximum absolute atomic E-state index is 12.5. The third-order valence-electron chi connectivity index (χ3n) is 3.42. The van der Waals surface area contributed by atoms with E-state index < -0.39 is 0 Å². The van der Waals surface area contributed by atoms with Gasteiger partial charge in [0.2, 0.25) is 0 Å². The highest BCUT2D eigenvalue weighted by Crippen LogP contribution is 2.39. The summed E-state index contributed by atoms with van der Waals surface area (Å²) in [4.78, 5) is 12.5. The molecule has 0 atom stereocenters. The van der Waals surface area contributed by atoms with Crippen molar-refractivity contribution >= 4 is 22.4 Å². The van der Waals surface area contributed by atoms with Crippen LogP contribution in [0.2, 0.25) is 0 Å². The number of nitrogens with one attached hydrogen (secondary N) is 1. The van der Waals surface area contributed by atoms with Gasteiger partial charge < -0.3 is 5.73 Å². The number of hydrogen-bond donors (Lipinski definition) is 2. The summed E-state index contributed by atoms with van der Waals surface area (Å²) < 4.78 is 0. The van der Waals surface area contributed by atoms with Crippen molar-refractivity contribution in [3.63, 3.8) is 0 Å². The molecule has 0 bridgehead atoms. The van der Waals surface area contributed by atoms with E-state index in [4.69, 9.17) is 5.73 Å². The van der Waals surface area contributed by atoms with Crippen LogP contribution in [0, 0.1) is 0 Å². The predicted octanol–water partition coefficient (Wildman–Crippen LogP) is 2.36. The zero-order valence-electron chi connectivity index (χ0n) is 9.40. The Morgan fingerprint density at radius 1 is 1.06 bits per heavy atom. The number of fused-ring (bicyclic) bond motifs is 2. The summed E-state index contributed by atoms with van der Waals surface area (Å²) in [6, 6.07) is 11.1. The van der Waals surface area contributed by atoms with Gasteiger partial charge in [0.1, 0.15) is 5.69 Å². The summed E-state index contributed by atoms with van der Waals surface area (Å²) in [7, 11) is 0. The van der Waals surface area contributed by atoms with E-state index in [-0.39, 0.29) is 5.78 Å². The van der Waals surface area contributed by atoms with E-state index in [0.717, 1.165) is 22.2 Å². The van der Waals surface area contributed by atoms with Crippen LogP contribution in [0.4, 0.5) is 5.69 Å². The molecule has 0 fully saturated rings. The Hall–Kier alpha value is -2.62. The van der Waals surface area contributed by atoms with Crippen molar-refractivity contribution in [3.05, 3.63) is 47.5 Å². The van der Waals surface area contributed by atoms with Gasteiger partial charge >= 0.3 is 0 Å². The fourth-order valence-corrected chi connectivity index (χ4v) is 2.59. The van der Waals surface area contributed by atoms with Gasteiger partial charge in [0.15, 0.2) is 5.78 Å². The number of anilines is 1. The Morgan fingerprint density at radius 3 is 2.67 bits per heavy atom. The van der Waals surface area contributed by atoms with Gasteiger partial charge in [-0.1, -0.05) is 24.3 Å². The van der Waals surface area contributed by atoms with E-state index in [1.165, 1.54) is 0 Å². The van der Waals surface area contributed by atoms with Crippen molar-refractivity contribution in [1.29, 1.82) is 0 Å². The van der Waals surface area contributed by atoms with Crippen LogP contribution >= 0.6 is 0 Å². The van der Waals surface area contributed by atoms with Crippen molar-refractivity contribution in [1.82, 2.24) is 10.2 Å². The lowest BCUT2D eigenvalue weighted by Crippen LogP contribution is -2.11. The largest absolute Gasteiger partial charge is 0.398 e. The van der Waals surface area contributed by atoms with Crippen molar-refractivity contribution in [2.24, 2.45) is 0 Å². The maximum Gasteiger partial charge on any atom is 0.196 e. The number of rotatable bonds is 0. The molecular formula is C14H9N3O. The third kappa shape index (κ3) is 0.953. The Kier molecular flexibility index (Phi) is 1.56. The zero-order valence-corrected chi connectivity index (χ0v) is 9.40. The summed E-state index contributed by atoms with van der Waals surface area (Å²) in [5.74, 6) is -0.0254. The van der Waals surface area contributed by atoms with E-state index in [0.29, 0.717) is 16.8 Å². The molecule has 18 heavy (non-hydrogen) atoms. The van der Waals surface area contributed by atoms with E-state index >= 15 is 0 Å². The molecule has 0 spiro atoms. The number of H-pyrrole nitrogens is 1. The first kappa shape index (κ1) is 9.41. The highest BCUT2D eigenvalue weighted by Gasteiger charge is 2.28. The first-order chi connectivity index (χ1) is 8.77. The fraction of sp³-hybridized carbons (Fsp3) is 0. The van der Waals surface area contributed by atoms with Crippen LogP contribution in [0.5, 0.6) is 0 Å².